The SMILES string of the molecule is COc1c(C)c(C(=O)O)cc(C(=O)O)c1C. The van der Waals surface area contributed by atoms with Gasteiger partial charge in [-0.25, -0.2) is 9.59 Å². The number of hydrogen-bond donors (Lipinski definition) is 2. The van der Waals surface area contributed by atoms with E-state index in [0.717, 1.165) is 6.07 Å². The first kappa shape index (κ1) is 12.0. The van der Waals surface area contributed by atoms with Crippen LogP contribution in [0.3, 0.4) is 0 Å². The van der Waals surface area contributed by atoms with Crippen molar-refractivity contribution in [3.05, 3.63) is 28.3 Å². The van der Waals surface area contributed by atoms with Gasteiger partial charge in [0, 0.05) is 11.1 Å². The zero-order valence-corrected chi connectivity index (χ0v) is 9.20. The van der Waals surface area contributed by atoms with Gasteiger partial charge in [0.1, 0.15) is 5.75 Å². The van der Waals surface area contributed by atoms with Gasteiger partial charge >= 0.3 is 11.9 Å². The van der Waals surface area contributed by atoms with E-state index in [1.165, 1.54) is 7.11 Å². The molecule has 0 unspecified atom stereocenters. The third-order valence-corrected chi connectivity index (χ3v) is 2.44. The predicted molar refractivity (Wildman–Crippen MR) is 56.4 cm³/mol. The lowest BCUT2D eigenvalue weighted by Gasteiger charge is -2.13. The Labute approximate surface area is 92.3 Å². The van der Waals surface area contributed by atoms with Crippen molar-refractivity contribution in [1.29, 1.82) is 0 Å². The van der Waals surface area contributed by atoms with E-state index in [2.05, 4.69) is 0 Å². The van der Waals surface area contributed by atoms with Gasteiger partial charge in [-0.15, -0.1) is 0 Å². The highest BCUT2D eigenvalue weighted by Gasteiger charge is 2.20. The van der Waals surface area contributed by atoms with Crippen molar-refractivity contribution in [3.63, 3.8) is 0 Å². The Morgan fingerprint density at radius 3 is 1.69 bits per heavy atom. The van der Waals surface area contributed by atoms with Gasteiger partial charge in [0.25, 0.3) is 0 Å². The fourth-order valence-electron chi connectivity index (χ4n) is 1.64. The highest BCUT2D eigenvalue weighted by atomic mass is 16.5. The number of aromatic carboxylic acids is 2. The quantitative estimate of drug-likeness (QED) is 0.816. The summed E-state index contributed by atoms with van der Waals surface area (Å²) in [7, 11) is 1.38. The Bertz CT molecular complexity index is 424. The molecule has 0 aliphatic rings. The molecule has 0 aliphatic heterocycles. The van der Waals surface area contributed by atoms with Crippen LogP contribution in [0.2, 0.25) is 0 Å². The fourth-order valence-corrected chi connectivity index (χ4v) is 1.64. The average Bonchev–Trinajstić information content (AvgIpc) is 2.17. The predicted octanol–water partition coefficient (Wildman–Crippen LogP) is 1.71. The molecule has 0 bridgehead atoms. The van der Waals surface area contributed by atoms with Crippen LogP contribution in [0.25, 0.3) is 0 Å². The van der Waals surface area contributed by atoms with Crippen molar-refractivity contribution in [2.75, 3.05) is 7.11 Å². The molecule has 0 fully saturated rings. The maximum atomic E-state index is 10.9. The molecule has 0 aliphatic carbocycles. The van der Waals surface area contributed by atoms with Gasteiger partial charge in [-0.05, 0) is 19.9 Å². The zero-order valence-electron chi connectivity index (χ0n) is 9.20. The van der Waals surface area contributed by atoms with E-state index in [1.54, 1.807) is 13.8 Å². The molecule has 0 amide bonds. The lowest BCUT2D eigenvalue weighted by atomic mass is 9.98. The molecule has 16 heavy (non-hydrogen) atoms. The molecule has 1 aromatic rings. The minimum Gasteiger partial charge on any atom is -0.496 e. The Morgan fingerprint density at radius 1 is 1.06 bits per heavy atom. The van der Waals surface area contributed by atoms with Gasteiger partial charge in [0.15, 0.2) is 0 Å². The average molecular weight is 224 g/mol. The molecule has 86 valence electrons. The summed E-state index contributed by atoms with van der Waals surface area (Å²) < 4.78 is 5.03. The highest BCUT2D eigenvalue weighted by molar-refractivity contribution is 5.97. The van der Waals surface area contributed by atoms with E-state index in [0.29, 0.717) is 16.9 Å². The molecular formula is C11H12O5. The molecule has 0 aromatic heterocycles. The number of benzene rings is 1. The lowest BCUT2D eigenvalue weighted by Crippen LogP contribution is -2.09. The maximum Gasteiger partial charge on any atom is 0.336 e. The van der Waals surface area contributed by atoms with Crippen molar-refractivity contribution in [3.8, 4) is 5.75 Å². The topological polar surface area (TPSA) is 83.8 Å². The van der Waals surface area contributed by atoms with Crippen molar-refractivity contribution < 1.29 is 24.5 Å². The molecule has 0 saturated heterocycles. The fraction of sp³-hybridized carbons (Fsp3) is 0.273. The van der Waals surface area contributed by atoms with Gasteiger partial charge in [-0.3, -0.25) is 0 Å². The summed E-state index contributed by atoms with van der Waals surface area (Å²) in [4.78, 5) is 21.9. The number of methoxy groups -OCH3 is 1. The van der Waals surface area contributed by atoms with E-state index in [9.17, 15) is 9.59 Å². The first-order chi connectivity index (χ1) is 7.40. The van der Waals surface area contributed by atoms with Crippen molar-refractivity contribution >= 4 is 11.9 Å². The molecule has 5 heteroatoms. The van der Waals surface area contributed by atoms with Crippen LogP contribution in [-0.2, 0) is 0 Å². The van der Waals surface area contributed by atoms with Crippen molar-refractivity contribution in [1.82, 2.24) is 0 Å². The standard InChI is InChI=1S/C11H12O5/c1-5-7(10(12)13)4-8(11(14)15)6(2)9(5)16-3/h4H,1-3H3,(H,12,13)(H,14,15). The first-order valence-corrected chi connectivity index (χ1v) is 4.55. The number of hydrogen-bond acceptors (Lipinski definition) is 3. The number of carboxylic acid groups (broad SMARTS) is 2. The summed E-state index contributed by atoms with van der Waals surface area (Å²) in [6, 6.07) is 1.15. The molecular weight excluding hydrogens is 212 g/mol. The molecule has 0 saturated carbocycles. The lowest BCUT2D eigenvalue weighted by molar-refractivity contribution is 0.0695. The number of carboxylic acids is 2. The van der Waals surface area contributed by atoms with Crippen molar-refractivity contribution in [2.24, 2.45) is 0 Å². The molecule has 0 spiro atoms. The second kappa shape index (κ2) is 4.22. The Morgan fingerprint density at radius 2 is 1.44 bits per heavy atom. The highest BCUT2D eigenvalue weighted by Crippen LogP contribution is 2.29. The number of carbonyl (C=O) groups is 2. The van der Waals surface area contributed by atoms with Crippen LogP contribution < -0.4 is 4.74 Å². The minimum atomic E-state index is -1.17. The summed E-state index contributed by atoms with van der Waals surface area (Å²) in [5.41, 5.74) is 0.745. The van der Waals surface area contributed by atoms with E-state index in [4.69, 9.17) is 14.9 Å². The van der Waals surface area contributed by atoms with Crippen LogP contribution in [-0.4, -0.2) is 29.3 Å². The number of ether oxygens (including phenoxy) is 1. The molecule has 0 atom stereocenters. The van der Waals surface area contributed by atoms with E-state index >= 15 is 0 Å². The van der Waals surface area contributed by atoms with E-state index in [-0.39, 0.29) is 11.1 Å². The van der Waals surface area contributed by atoms with Crippen LogP contribution in [0.5, 0.6) is 5.75 Å². The number of rotatable bonds is 3. The van der Waals surface area contributed by atoms with Crippen LogP contribution in [0.4, 0.5) is 0 Å². The van der Waals surface area contributed by atoms with E-state index < -0.39 is 11.9 Å². The van der Waals surface area contributed by atoms with Crippen molar-refractivity contribution in [2.45, 2.75) is 13.8 Å². The van der Waals surface area contributed by atoms with E-state index in [1.807, 2.05) is 0 Å². The molecule has 0 heterocycles. The Kier molecular flexibility index (Phi) is 3.17. The van der Waals surface area contributed by atoms with Gasteiger partial charge < -0.3 is 14.9 Å². The minimum absolute atomic E-state index is 0.0557. The smallest absolute Gasteiger partial charge is 0.336 e. The third kappa shape index (κ3) is 1.84. The molecule has 1 rings (SSSR count). The summed E-state index contributed by atoms with van der Waals surface area (Å²) in [5.74, 6) is -2.03. The van der Waals surface area contributed by atoms with Gasteiger partial charge in [0.2, 0.25) is 0 Å². The normalized spacial score (nSPS) is 9.94. The summed E-state index contributed by atoms with van der Waals surface area (Å²) in [6.07, 6.45) is 0. The molecule has 0 radical (unpaired) electrons. The summed E-state index contributed by atoms with van der Waals surface area (Å²) >= 11 is 0. The van der Waals surface area contributed by atoms with Crippen LogP contribution in [0.15, 0.2) is 6.07 Å². The van der Waals surface area contributed by atoms with Gasteiger partial charge in [-0.2, -0.15) is 0 Å². The first-order valence-electron chi connectivity index (χ1n) is 4.55. The van der Waals surface area contributed by atoms with Crippen LogP contribution in [0, 0.1) is 13.8 Å². The molecule has 5 nitrogen and oxygen atoms in total. The third-order valence-electron chi connectivity index (χ3n) is 2.44. The van der Waals surface area contributed by atoms with Crippen LogP contribution in [0.1, 0.15) is 31.8 Å². The second-order valence-electron chi connectivity index (χ2n) is 3.37. The summed E-state index contributed by atoms with van der Waals surface area (Å²) in [5, 5.41) is 17.9. The summed E-state index contributed by atoms with van der Waals surface area (Å²) in [6.45, 7) is 3.17. The van der Waals surface area contributed by atoms with Gasteiger partial charge in [-0.1, -0.05) is 0 Å². The Hall–Kier alpha value is -2.04. The molecule has 1 aromatic carbocycles. The Balaban J connectivity index is 3.62. The maximum absolute atomic E-state index is 10.9. The van der Waals surface area contributed by atoms with Crippen LogP contribution >= 0.6 is 0 Å². The largest absolute Gasteiger partial charge is 0.496 e. The van der Waals surface area contributed by atoms with Gasteiger partial charge in [0.05, 0.1) is 18.2 Å². The zero-order chi connectivity index (χ0) is 12.5. The second-order valence-corrected chi connectivity index (χ2v) is 3.37. The molecule has 2 N–H and O–H groups in total. The monoisotopic (exact) mass is 224 g/mol.